The van der Waals surface area contributed by atoms with Crippen molar-refractivity contribution >= 4 is 0 Å². The predicted octanol–water partition coefficient (Wildman–Crippen LogP) is 5.02. The molecule has 0 N–H and O–H groups in total. The molecule has 88 valence electrons. The molecule has 1 aliphatic carbocycles. The van der Waals surface area contributed by atoms with Gasteiger partial charge in [-0.25, -0.2) is 0 Å². The quantitative estimate of drug-likeness (QED) is 0.583. The zero-order valence-electron chi connectivity index (χ0n) is 9.91. The Labute approximate surface area is 90.8 Å². The van der Waals surface area contributed by atoms with Crippen molar-refractivity contribution in [3.05, 3.63) is 23.8 Å². The van der Waals surface area contributed by atoms with E-state index in [2.05, 4.69) is 25.2 Å². The van der Waals surface area contributed by atoms with Crippen molar-refractivity contribution in [2.75, 3.05) is 0 Å². The maximum absolute atomic E-state index is 2.90. The molecule has 0 aromatic carbocycles. The Hall–Kier alpha value is -0.000519. The number of hydrogen-bond donors (Lipinski definition) is 0. The number of rotatable bonds is 1. The molecule has 1 heteroatoms. The Morgan fingerprint density at radius 1 is 1.06 bits per heavy atom. The molecule has 0 radical (unpaired) electrons. The minimum absolute atomic E-state index is 1.01. The third kappa shape index (κ3) is 0.0544. The standard InChI is InChI=1S/C11H11.C5H5.Fe/c1-9-5-4-8-11(9)10-6-2-3-7-10;1-2-4-5-3-1;/h2-6,8H,7H2,1H3;1-5H;. The van der Waals surface area contributed by atoms with Gasteiger partial charge in [0.2, 0.25) is 0 Å². The van der Waals surface area contributed by atoms with Gasteiger partial charge in [-0.15, -0.1) is 0 Å². The van der Waals surface area contributed by atoms with E-state index in [0.717, 1.165) is 8.63 Å². The van der Waals surface area contributed by atoms with E-state index >= 15 is 0 Å². The fourth-order valence-electron chi connectivity index (χ4n) is 19.3. The van der Waals surface area contributed by atoms with E-state index in [0.29, 0.717) is 0 Å². The SMILES string of the molecule is C[C]12[CH]3[CH]4[CH]5[C]1(C1=CC=CC1)[Fe]43521678[CH]2[CH]1[CH]6[CH]7[CH]28. The van der Waals surface area contributed by atoms with Gasteiger partial charge >= 0.3 is 90.8 Å². The van der Waals surface area contributed by atoms with Gasteiger partial charge in [0.25, 0.3) is 0 Å². The predicted molar refractivity (Wildman–Crippen MR) is 62.9 cm³/mol. The van der Waals surface area contributed by atoms with Crippen LogP contribution in [0.15, 0.2) is 23.8 Å². The molecular formula is C16H16Fe. The molecule has 5 unspecified atom stereocenters. The van der Waals surface area contributed by atoms with Crippen LogP contribution in [-0.2, 0) is 6.51 Å². The molecule has 5 atom stereocenters. The van der Waals surface area contributed by atoms with Crippen molar-refractivity contribution < 1.29 is 6.51 Å². The maximum atomic E-state index is 2.87. The van der Waals surface area contributed by atoms with Gasteiger partial charge in [0.1, 0.15) is 0 Å². The van der Waals surface area contributed by atoms with Gasteiger partial charge in [0, 0.05) is 0 Å². The molecule has 11 rings (SSSR count). The van der Waals surface area contributed by atoms with Crippen LogP contribution >= 0.6 is 0 Å². The first kappa shape index (κ1) is 5.97. The van der Waals surface area contributed by atoms with Crippen LogP contribution in [0.5, 0.6) is 0 Å². The van der Waals surface area contributed by atoms with Gasteiger partial charge in [-0.05, 0) is 0 Å². The van der Waals surface area contributed by atoms with E-state index in [1.807, 2.05) is 5.57 Å². The van der Waals surface area contributed by atoms with E-state index in [1.165, 1.54) is 45.0 Å². The van der Waals surface area contributed by atoms with E-state index in [1.54, 1.807) is 0 Å². The molecule has 10 heterocycles. The van der Waals surface area contributed by atoms with Crippen molar-refractivity contribution in [3.63, 3.8) is 0 Å². The molecule has 11 aliphatic rings. The second kappa shape index (κ2) is 0.465. The molecule has 0 bridgehead atoms. The van der Waals surface area contributed by atoms with Crippen molar-refractivity contribution in [2.45, 2.75) is 60.5 Å². The van der Waals surface area contributed by atoms with Gasteiger partial charge in [-0.3, -0.25) is 0 Å². The minimum atomic E-state index is -2.90. The summed E-state index contributed by atoms with van der Waals surface area (Å²) in [5.41, 5.74) is 2.02. The third-order valence-corrected chi connectivity index (χ3v) is 61.1. The summed E-state index contributed by atoms with van der Waals surface area (Å²) in [6.07, 6.45) is 8.84. The average Bonchev–Trinajstić information content (AvgIpc) is 3.23. The van der Waals surface area contributed by atoms with Crippen LogP contribution in [0.1, 0.15) is 13.3 Å². The second-order valence-corrected chi connectivity index (χ2v) is 34.9. The summed E-state index contributed by atoms with van der Waals surface area (Å²) in [6.45, 7) is -0.0334. The van der Waals surface area contributed by atoms with E-state index in [-0.39, 0.29) is 0 Å². The van der Waals surface area contributed by atoms with E-state index in [9.17, 15) is 0 Å². The molecule has 0 nitrogen and oxygen atoms in total. The molecular weight excluding hydrogens is 248 g/mol. The van der Waals surface area contributed by atoms with Gasteiger partial charge in [0.15, 0.2) is 0 Å². The fraction of sp³-hybridized carbons (Fsp3) is 0.750. The van der Waals surface area contributed by atoms with E-state index < -0.39 is 6.51 Å². The number of fused-ring (bicyclic) bond motifs is 10. The summed E-state index contributed by atoms with van der Waals surface area (Å²) in [5.74, 6) is 0. The van der Waals surface area contributed by atoms with Gasteiger partial charge in [-0.1, -0.05) is 0 Å². The van der Waals surface area contributed by atoms with Crippen LogP contribution in [0.4, 0.5) is 0 Å². The van der Waals surface area contributed by atoms with Gasteiger partial charge in [-0.2, -0.15) is 0 Å². The molecule has 0 aromatic rings. The summed E-state index contributed by atoms with van der Waals surface area (Å²) in [4.78, 5) is 11.8. The first-order valence-electron chi connectivity index (χ1n) is 7.61. The normalized spacial score (nSPS) is 127. The summed E-state index contributed by atoms with van der Waals surface area (Å²) in [5, 5.41) is 0. The van der Waals surface area contributed by atoms with Crippen molar-refractivity contribution in [1.29, 1.82) is 0 Å². The summed E-state index contributed by atoms with van der Waals surface area (Å²) < 4.78 is 2.06. The Bertz CT molecular complexity index is 1080. The Morgan fingerprint density at radius 2 is 1.76 bits per heavy atom. The summed E-state index contributed by atoms with van der Waals surface area (Å²) >= 11 is 0. The molecule has 10 aliphatic heterocycles. The fourth-order valence-corrected chi connectivity index (χ4v) is 96.8. The Morgan fingerprint density at radius 3 is 2.06 bits per heavy atom. The van der Waals surface area contributed by atoms with E-state index in [4.69, 9.17) is 0 Å². The number of hydrogen-bond acceptors (Lipinski definition) is 0. The molecule has 0 amide bonds. The van der Waals surface area contributed by atoms with Crippen LogP contribution in [0.25, 0.3) is 0 Å². The van der Waals surface area contributed by atoms with Crippen LogP contribution in [0.2, 0.25) is 47.2 Å². The van der Waals surface area contributed by atoms with Crippen LogP contribution < -0.4 is 0 Å². The topological polar surface area (TPSA) is 0 Å². The van der Waals surface area contributed by atoms with Gasteiger partial charge in [0.05, 0.1) is 0 Å². The van der Waals surface area contributed by atoms with Crippen LogP contribution in [-0.4, -0.2) is 0 Å². The molecule has 10 fully saturated rings. The summed E-state index contributed by atoms with van der Waals surface area (Å²) in [7, 11) is 0. The average molecular weight is 264 g/mol. The Kier molecular flexibility index (Phi) is 0.163. The molecule has 1 spiro atoms. The van der Waals surface area contributed by atoms with Gasteiger partial charge < -0.3 is 0 Å². The van der Waals surface area contributed by atoms with Crippen LogP contribution in [0.3, 0.4) is 0 Å². The third-order valence-electron chi connectivity index (χ3n) is 16.9. The summed E-state index contributed by atoms with van der Waals surface area (Å²) in [6, 6.07) is 0. The molecule has 0 saturated carbocycles. The van der Waals surface area contributed by atoms with Crippen LogP contribution in [0, 0.1) is 0 Å². The molecule has 0 aromatic heterocycles. The van der Waals surface area contributed by atoms with Crippen molar-refractivity contribution in [2.24, 2.45) is 0 Å². The van der Waals surface area contributed by atoms with Crippen molar-refractivity contribution in [3.8, 4) is 0 Å². The zero-order chi connectivity index (χ0) is 10.3. The Balaban J connectivity index is 1.68. The first-order valence-corrected chi connectivity index (χ1v) is 13.8. The van der Waals surface area contributed by atoms with Crippen molar-refractivity contribution in [1.82, 2.24) is 0 Å². The first-order chi connectivity index (χ1) is 8.04. The molecule has 17 heavy (non-hydrogen) atoms. The molecule has 10 saturated heterocycles. The monoisotopic (exact) mass is 264 g/mol. The number of allylic oxidation sites excluding steroid dienone is 4. The second-order valence-electron chi connectivity index (χ2n) is 11.4. The zero-order valence-corrected chi connectivity index (χ0v) is 11.0.